The van der Waals surface area contributed by atoms with Crippen LogP contribution in [0.25, 0.3) is 0 Å². The Bertz CT molecular complexity index is 737. The van der Waals surface area contributed by atoms with Crippen LogP contribution in [0.4, 0.5) is 4.39 Å². The summed E-state index contributed by atoms with van der Waals surface area (Å²) >= 11 is 5.90. The van der Waals surface area contributed by atoms with Gasteiger partial charge >= 0.3 is 0 Å². The van der Waals surface area contributed by atoms with E-state index in [4.69, 9.17) is 16.3 Å². The molecule has 1 amide bonds. The molecule has 2 aromatic carbocycles. The zero-order chi connectivity index (χ0) is 17.1. The number of hydrogen-bond donors (Lipinski definition) is 0. The van der Waals surface area contributed by atoms with Crippen LogP contribution in [0.2, 0.25) is 5.02 Å². The lowest BCUT2D eigenvalue weighted by Crippen LogP contribution is -2.32. The summed E-state index contributed by atoms with van der Waals surface area (Å²) in [6.45, 7) is 0.867. The van der Waals surface area contributed by atoms with Gasteiger partial charge in [0.2, 0.25) is 5.91 Å². The molecule has 3 nitrogen and oxygen atoms in total. The molecule has 2 aromatic rings. The van der Waals surface area contributed by atoms with Crippen molar-refractivity contribution in [3.8, 4) is 5.75 Å². The van der Waals surface area contributed by atoms with E-state index < -0.39 is 0 Å². The summed E-state index contributed by atoms with van der Waals surface area (Å²) in [7, 11) is 1.75. The lowest BCUT2D eigenvalue weighted by Gasteiger charge is -2.18. The molecule has 0 aromatic heterocycles. The van der Waals surface area contributed by atoms with Crippen molar-refractivity contribution in [2.45, 2.75) is 12.3 Å². The minimum atomic E-state index is -0.232. The predicted molar refractivity (Wildman–Crippen MR) is 91.8 cm³/mol. The third-order valence-electron chi connectivity index (χ3n) is 4.28. The van der Waals surface area contributed by atoms with Gasteiger partial charge in [-0.2, -0.15) is 0 Å². The summed E-state index contributed by atoms with van der Waals surface area (Å²) in [4.78, 5) is 14.1. The highest BCUT2D eigenvalue weighted by molar-refractivity contribution is 6.30. The summed E-state index contributed by atoms with van der Waals surface area (Å²) in [6.07, 6.45) is 0.708. The summed E-state index contributed by atoms with van der Waals surface area (Å²) in [6, 6.07) is 13.8. The van der Waals surface area contributed by atoms with E-state index in [0.29, 0.717) is 35.9 Å². The zero-order valence-electron chi connectivity index (χ0n) is 13.4. The molecule has 0 spiro atoms. The molecular formula is C19H19ClFNO2. The largest absolute Gasteiger partial charge is 0.492 e. The Morgan fingerprint density at radius 2 is 2.08 bits per heavy atom. The van der Waals surface area contributed by atoms with Crippen molar-refractivity contribution in [3.05, 3.63) is 64.9 Å². The van der Waals surface area contributed by atoms with E-state index in [2.05, 4.69) is 0 Å². The number of rotatable bonds is 6. The summed E-state index contributed by atoms with van der Waals surface area (Å²) in [5, 5.41) is 0.614. The number of ether oxygens (including phenoxy) is 1. The number of carbonyl (C=O) groups excluding carboxylic acids is 1. The van der Waals surface area contributed by atoms with Crippen molar-refractivity contribution in [1.29, 1.82) is 0 Å². The van der Waals surface area contributed by atoms with Crippen molar-refractivity contribution in [3.63, 3.8) is 0 Å². The van der Waals surface area contributed by atoms with Crippen molar-refractivity contribution in [2.24, 2.45) is 5.92 Å². The highest BCUT2D eigenvalue weighted by Crippen LogP contribution is 2.49. The third kappa shape index (κ3) is 3.88. The average molecular weight is 348 g/mol. The summed E-state index contributed by atoms with van der Waals surface area (Å²) < 4.78 is 19.4. The number of carbonyl (C=O) groups is 1. The predicted octanol–water partition coefficient (Wildman–Crippen LogP) is 4.12. The van der Waals surface area contributed by atoms with Crippen molar-refractivity contribution >= 4 is 17.5 Å². The second-order valence-electron chi connectivity index (χ2n) is 6.04. The molecular weight excluding hydrogens is 329 g/mol. The van der Waals surface area contributed by atoms with Crippen LogP contribution in [-0.4, -0.2) is 31.0 Å². The fourth-order valence-electron chi connectivity index (χ4n) is 2.84. The minimum absolute atomic E-state index is 0.00463. The second kappa shape index (κ2) is 7.22. The van der Waals surface area contributed by atoms with Crippen LogP contribution in [0.3, 0.4) is 0 Å². The van der Waals surface area contributed by atoms with Crippen molar-refractivity contribution < 1.29 is 13.9 Å². The maximum Gasteiger partial charge on any atom is 0.226 e. The molecule has 0 N–H and O–H groups in total. The average Bonchev–Trinajstić information content (AvgIpc) is 3.35. The van der Waals surface area contributed by atoms with Gasteiger partial charge in [-0.3, -0.25) is 4.79 Å². The fraction of sp³-hybridized carbons (Fsp3) is 0.316. The van der Waals surface area contributed by atoms with Crippen LogP contribution in [0.5, 0.6) is 5.75 Å². The molecule has 1 aliphatic carbocycles. The Morgan fingerprint density at radius 1 is 1.29 bits per heavy atom. The minimum Gasteiger partial charge on any atom is -0.492 e. The molecule has 0 bridgehead atoms. The number of hydrogen-bond acceptors (Lipinski definition) is 2. The quantitative estimate of drug-likeness (QED) is 0.786. The smallest absolute Gasteiger partial charge is 0.226 e. The number of benzene rings is 2. The lowest BCUT2D eigenvalue weighted by atomic mass is 10.1. The zero-order valence-corrected chi connectivity index (χ0v) is 14.2. The molecule has 1 saturated carbocycles. The standard InChI is InChI=1S/C19H19ClFNO2/c1-22(9-10-24-14-6-4-5-13(20)11-14)19(23)17-12-16(17)15-7-2-3-8-18(15)21/h2-8,11,16-17H,9-10,12H2,1H3. The maximum absolute atomic E-state index is 13.8. The van der Waals surface area contributed by atoms with Gasteiger partial charge in [0, 0.05) is 18.0 Å². The Morgan fingerprint density at radius 3 is 2.83 bits per heavy atom. The van der Waals surface area contributed by atoms with Crippen LogP contribution in [0.1, 0.15) is 17.9 Å². The van der Waals surface area contributed by atoms with E-state index >= 15 is 0 Å². The highest BCUT2D eigenvalue weighted by Gasteiger charge is 2.46. The molecule has 0 heterocycles. The molecule has 0 aliphatic heterocycles. The normalized spacial score (nSPS) is 19.0. The molecule has 2 atom stereocenters. The number of amides is 1. The first-order chi connectivity index (χ1) is 11.6. The van der Waals surface area contributed by atoms with Crippen LogP contribution < -0.4 is 4.74 Å². The van der Waals surface area contributed by atoms with Gasteiger partial charge in [0.1, 0.15) is 18.2 Å². The van der Waals surface area contributed by atoms with E-state index in [9.17, 15) is 9.18 Å². The molecule has 0 radical (unpaired) electrons. The number of nitrogens with zero attached hydrogens (tertiary/aromatic N) is 1. The molecule has 24 heavy (non-hydrogen) atoms. The second-order valence-corrected chi connectivity index (χ2v) is 6.47. The number of likely N-dealkylation sites (N-methyl/N-ethyl adjacent to an activating group) is 1. The fourth-order valence-corrected chi connectivity index (χ4v) is 3.02. The van der Waals surface area contributed by atoms with Gasteiger partial charge in [-0.05, 0) is 42.2 Å². The van der Waals surface area contributed by atoms with Crippen molar-refractivity contribution in [1.82, 2.24) is 4.90 Å². The van der Waals surface area contributed by atoms with E-state index in [1.165, 1.54) is 6.07 Å². The number of halogens is 2. The van der Waals surface area contributed by atoms with Crippen LogP contribution in [0.15, 0.2) is 48.5 Å². The van der Waals surface area contributed by atoms with Gasteiger partial charge in [0.25, 0.3) is 0 Å². The summed E-state index contributed by atoms with van der Waals surface area (Å²) in [5.74, 6) is 0.356. The maximum atomic E-state index is 13.8. The van der Waals surface area contributed by atoms with Gasteiger partial charge in [0.05, 0.1) is 6.54 Å². The molecule has 0 saturated heterocycles. The molecule has 2 unspecified atom stereocenters. The Balaban J connectivity index is 1.48. The van der Waals surface area contributed by atoms with Gasteiger partial charge in [-0.25, -0.2) is 4.39 Å². The first kappa shape index (κ1) is 16.8. The molecule has 126 valence electrons. The van der Waals surface area contributed by atoms with E-state index in [1.54, 1.807) is 42.3 Å². The van der Waals surface area contributed by atoms with Crippen LogP contribution in [-0.2, 0) is 4.79 Å². The van der Waals surface area contributed by atoms with Crippen LogP contribution in [0, 0.1) is 11.7 Å². The third-order valence-corrected chi connectivity index (χ3v) is 4.52. The monoisotopic (exact) mass is 347 g/mol. The highest BCUT2D eigenvalue weighted by atomic mass is 35.5. The van der Waals surface area contributed by atoms with Gasteiger partial charge in [0.15, 0.2) is 0 Å². The first-order valence-electron chi connectivity index (χ1n) is 7.94. The van der Waals surface area contributed by atoms with Gasteiger partial charge < -0.3 is 9.64 Å². The van der Waals surface area contributed by atoms with Crippen LogP contribution >= 0.6 is 11.6 Å². The summed E-state index contributed by atoms with van der Waals surface area (Å²) in [5.41, 5.74) is 0.638. The Kier molecular flexibility index (Phi) is 5.05. The molecule has 5 heteroatoms. The topological polar surface area (TPSA) is 29.5 Å². The van der Waals surface area contributed by atoms with Gasteiger partial charge in [-0.1, -0.05) is 35.9 Å². The first-order valence-corrected chi connectivity index (χ1v) is 8.32. The van der Waals surface area contributed by atoms with Crippen molar-refractivity contribution in [2.75, 3.05) is 20.2 Å². The Labute approximate surface area is 146 Å². The lowest BCUT2D eigenvalue weighted by molar-refractivity contribution is -0.131. The Hall–Kier alpha value is -2.07. The molecule has 1 aliphatic rings. The van der Waals surface area contributed by atoms with Gasteiger partial charge in [-0.15, -0.1) is 0 Å². The van der Waals surface area contributed by atoms with E-state index in [0.717, 1.165) is 0 Å². The van der Waals surface area contributed by atoms with E-state index in [1.807, 2.05) is 12.1 Å². The van der Waals surface area contributed by atoms with E-state index in [-0.39, 0.29) is 23.6 Å². The molecule has 3 rings (SSSR count). The SMILES string of the molecule is CN(CCOc1cccc(Cl)c1)C(=O)C1CC1c1ccccc1F. The molecule has 1 fully saturated rings.